The summed E-state index contributed by atoms with van der Waals surface area (Å²) in [5, 5.41) is 3.35. The monoisotopic (exact) mass is 395 g/mol. The van der Waals surface area contributed by atoms with Crippen LogP contribution in [0.25, 0.3) is 11.4 Å². The van der Waals surface area contributed by atoms with E-state index in [0.717, 1.165) is 33.7 Å². The maximum atomic E-state index is 4.64. The van der Waals surface area contributed by atoms with E-state index in [-0.39, 0.29) is 5.41 Å². The number of hydrogen-bond donors (Lipinski definition) is 1. The maximum absolute atomic E-state index is 4.64. The van der Waals surface area contributed by atoms with E-state index in [1.54, 1.807) is 0 Å². The van der Waals surface area contributed by atoms with Gasteiger partial charge in [0.15, 0.2) is 5.82 Å². The van der Waals surface area contributed by atoms with Gasteiger partial charge in [0.1, 0.15) is 5.82 Å². The molecule has 0 unspecified atom stereocenters. The van der Waals surface area contributed by atoms with Crippen molar-refractivity contribution in [1.82, 2.24) is 9.97 Å². The SMILES string of the molecule is CCCNc1nc(-c2ccc(C(C)(C)C)cc2)ncc1I. The second kappa shape index (κ2) is 6.73. The molecule has 1 aromatic heterocycles. The quantitative estimate of drug-likeness (QED) is 0.751. The zero-order valence-corrected chi connectivity index (χ0v) is 15.2. The first kappa shape index (κ1) is 16.2. The lowest BCUT2D eigenvalue weighted by Gasteiger charge is -2.19. The van der Waals surface area contributed by atoms with Crippen LogP contribution in [-0.2, 0) is 5.41 Å². The van der Waals surface area contributed by atoms with Gasteiger partial charge in [0.2, 0.25) is 0 Å². The highest BCUT2D eigenvalue weighted by Gasteiger charge is 2.14. The first-order chi connectivity index (χ1) is 9.91. The Labute approximate surface area is 140 Å². The van der Waals surface area contributed by atoms with E-state index in [9.17, 15) is 0 Å². The van der Waals surface area contributed by atoms with Gasteiger partial charge in [-0.05, 0) is 40.0 Å². The summed E-state index contributed by atoms with van der Waals surface area (Å²) < 4.78 is 1.05. The van der Waals surface area contributed by atoms with E-state index in [0.29, 0.717) is 0 Å². The summed E-state index contributed by atoms with van der Waals surface area (Å²) in [5.41, 5.74) is 2.54. The Bertz CT molecular complexity index is 600. The van der Waals surface area contributed by atoms with Crippen LogP contribution in [0.3, 0.4) is 0 Å². The normalized spacial score (nSPS) is 11.5. The number of anilines is 1. The maximum Gasteiger partial charge on any atom is 0.161 e. The van der Waals surface area contributed by atoms with Crippen LogP contribution in [0.2, 0.25) is 0 Å². The lowest BCUT2D eigenvalue weighted by Crippen LogP contribution is -2.10. The van der Waals surface area contributed by atoms with Crippen molar-refractivity contribution in [2.24, 2.45) is 0 Å². The predicted molar refractivity (Wildman–Crippen MR) is 97.7 cm³/mol. The van der Waals surface area contributed by atoms with Crippen LogP contribution < -0.4 is 5.32 Å². The fraction of sp³-hybridized carbons (Fsp3) is 0.412. The zero-order chi connectivity index (χ0) is 15.5. The summed E-state index contributed by atoms with van der Waals surface area (Å²) in [4.78, 5) is 9.09. The van der Waals surface area contributed by atoms with Crippen molar-refractivity contribution in [2.75, 3.05) is 11.9 Å². The summed E-state index contributed by atoms with van der Waals surface area (Å²) in [7, 11) is 0. The van der Waals surface area contributed by atoms with Crippen molar-refractivity contribution >= 4 is 28.4 Å². The van der Waals surface area contributed by atoms with Gasteiger partial charge in [0, 0.05) is 18.3 Å². The molecule has 0 amide bonds. The molecule has 0 aliphatic carbocycles. The van der Waals surface area contributed by atoms with Gasteiger partial charge in [-0.2, -0.15) is 0 Å². The molecule has 0 aliphatic heterocycles. The van der Waals surface area contributed by atoms with Gasteiger partial charge < -0.3 is 5.32 Å². The van der Waals surface area contributed by atoms with Gasteiger partial charge in [0.05, 0.1) is 3.57 Å². The molecule has 0 spiro atoms. The molecule has 0 radical (unpaired) electrons. The van der Waals surface area contributed by atoms with Crippen LogP contribution in [0.15, 0.2) is 30.5 Å². The van der Waals surface area contributed by atoms with E-state index in [1.807, 2.05) is 6.20 Å². The van der Waals surface area contributed by atoms with E-state index in [2.05, 4.69) is 89.8 Å². The number of rotatable bonds is 4. The van der Waals surface area contributed by atoms with E-state index in [1.165, 1.54) is 5.56 Å². The van der Waals surface area contributed by atoms with Gasteiger partial charge in [0.25, 0.3) is 0 Å². The summed E-state index contributed by atoms with van der Waals surface area (Å²) >= 11 is 2.26. The molecule has 2 aromatic rings. The van der Waals surface area contributed by atoms with Gasteiger partial charge in [-0.25, -0.2) is 9.97 Å². The average Bonchev–Trinajstić information content (AvgIpc) is 2.46. The highest BCUT2D eigenvalue weighted by Crippen LogP contribution is 2.26. The Kier molecular flexibility index (Phi) is 5.19. The first-order valence-electron chi connectivity index (χ1n) is 7.29. The predicted octanol–water partition coefficient (Wildman–Crippen LogP) is 4.87. The minimum absolute atomic E-state index is 0.166. The Morgan fingerprint density at radius 1 is 1.14 bits per heavy atom. The molecule has 0 saturated heterocycles. The molecule has 0 bridgehead atoms. The van der Waals surface area contributed by atoms with Crippen LogP contribution in [0.5, 0.6) is 0 Å². The molecule has 112 valence electrons. The third-order valence-electron chi connectivity index (χ3n) is 3.30. The molecular weight excluding hydrogens is 373 g/mol. The third-order valence-corrected chi connectivity index (χ3v) is 4.09. The number of halogens is 1. The van der Waals surface area contributed by atoms with Crippen molar-refractivity contribution in [2.45, 2.75) is 39.5 Å². The molecule has 1 aromatic carbocycles. The summed E-state index contributed by atoms with van der Waals surface area (Å²) in [5.74, 6) is 1.69. The van der Waals surface area contributed by atoms with Gasteiger partial charge in [-0.15, -0.1) is 0 Å². The Morgan fingerprint density at radius 3 is 2.38 bits per heavy atom. The average molecular weight is 395 g/mol. The van der Waals surface area contributed by atoms with Crippen LogP contribution in [0, 0.1) is 3.57 Å². The molecule has 1 N–H and O–H groups in total. The molecule has 3 nitrogen and oxygen atoms in total. The zero-order valence-electron chi connectivity index (χ0n) is 13.1. The summed E-state index contributed by atoms with van der Waals surface area (Å²) in [6, 6.07) is 8.53. The van der Waals surface area contributed by atoms with Crippen molar-refractivity contribution in [3.8, 4) is 11.4 Å². The van der Waals surface area contributed by atoms with E-state index < -0.39 is 0 Å². The van der Waals surface area contributed by atoms with E-state index >= 15 is 0 Å². The second-order valence-corrected chi connectivity index (χ2v) is 7.31. The molecule has 1 heterocycles. The van der Waals surface area contributed by atoms with Crippen LogP contribution in [0.4, 0.5) is 5.82 Å². The fourth-order valence-corrected chi connectivity index (χ4v) is 2.44. The Hall–Kier alpha value is -1.17. The van der Waals surface area contributed by atoms with Crippen molar-refractivity contribution in [3.63, 3.8) is 0 Å². The largest absolute Gasteiger partial charge is 0.369 e. The van der Waals surface area contributed by atoms with Crippen molar-refractivity contribution < 1.29 is 0 Å². The van der Waals surface area contributed by atoms with Crippen LogP contribution >= 0.6 is 22.6 Å². The van der Waals surface area contributed by atoms with Crippen LogP contribution in [-0.4, -0.2) is 16.5 Å². The van der Waals surface area contributed by atoms with Gasteiger partial charge >= 0.3 is 0 Å². The fourth-order valence-electron chi connectivity index (χ4n) is 1.99. The van der Waals surface area contributed by atoms with Crippen molar-refractivity contribution in [1.29, 1.82) is 0 Å². The van der Waals surface area contributed by atoms with Gasteiger partial charge in [-0.1, -0.05) is 52.0 Å². The number of nitrogens with zero attached hydrogens (tertiary/aromatic N) is 2. The molecule has 21 heavy (non-hydrogen) atoms. The number of nitrogens with one attached hydrogen (secondary N) is 1. The minimum Gasteiger partial charge on any atom is -0.369 e. The number of aromatic nitrogens is 2. The molecular formula is C17H22IN3. The molecule has 0 aliphatic rings. The second-order valence-electron chi connectivity index (χ2n) is 6.14. The lowest BCUT2D eigenvalue weighted by atomic mass is 9.87. The Balaban J connectivity index is 2.29. The first-order valence-corrected chi connectivity index (χ1v) is 8.37. The lowest BCUT2D eigenvalue weighted by molar-refractivity contribution is 0.590. The number of hydrogen-bond acceptors (Lipinski definition) is 3. The molecule has 0 fully saturated rings. The highest BCUT2D eigenvalue weighted by atomic mass is 127. The van der Waals surface area contributed by atoms with Gasteiger partial charge in [-0.3, -0.25) is 0 Å². The van der Waals surface area contributed by atoms with Crippen molar-refractivity contribution in [3.05, 3.63) is 39.6 Å². The van der Waals surface area contributed by atoms with E-state index in [4.69, 9.17) is 0 Å². The third kappa shape index (κ3) is 4.15. The standard InChI is InChI=1S/C17H22IN3/c1-5-10-19-16-14(18)11-20-15(21-16)12-6-8-13(9-7-12)17(2,3)4/h6-9,11H,5,10H2,1-4H3,(H,19,20,21). The molecule has 0 saturated carbocycles. The molecule has 2 rings (SSSR count). The summed E-state index contributed by atoms with van der Waals surface area (Å²) in [6.45, 7) is 9.73. The topological polar surface area (TPSA) is 37.8 Å². The molecule has 4 heteroatoms. The number of benzene rings is 1. The molecule has 0 atom stereocenters. The smallest absolute Gasteiger partial charge is 0.161 e. The Morgan fingerprint density at radius 2 is 1.81 bits per heavy atom. The minimum atomic E-state index is 0.166. The summed E-state index contributed by atoms with van der Waals surface area (Å²) in [6.07, 6.45) is 2.95. The van der Waals surface area contributed by atoms with Crippen LogP contribution in [0.1, 0.15) is 39.7 Å². The highest BCUT2D eigenvalue weighted by molar-refractivity contribution is 14.1.